The molecule has 0 saturated heterocycles. The number of unbranched alkanes of at least 4 members (excludes halogenated alkanes) is 5. The van der Waals surface area contributed by atoms with Gasteiger partial charge in [0.1, 0.15) is 0 Å². The first-order valence-electron chi connectivity index (χ1n) is 14.5. The van der Waals surface area contributed by atoms with Crippen molar-refractivity contribution in [1.29, 1.82) is 0 Å². The molecule has 43 heavy (non-hydrogen) atoms. The van der Waals surface area contributed by atoms with Gasteiger partial charge in [0.15, 0.2) is 0 Å². The first-order valence-corrected chi connectivity index (χ1v) is 14.5. The Morgan fingerprint density at radius 3 is 1.23 bits per heavy atom. The molecule has 0 aromatic heterocycles. The minimum Gasteiger partial charge on any atom is -0.327 e. The molecule has 0 bridgehead atoms. The monoisotopic (exact) mass is 662 g/mol. The van der Waals surface area contributed by atoms with Crippen LogP contribution >= 0.6 is 0 Å². The van der Waals surface area contributed by atoms with E-state index in [4.69, 9.17) is 14.2 Å². The number of hydrogen-bond donors (Lipinski definition) is 0. The molecular weight excluding hydrogens is 619 g/mol. The summed E-state index contributed by atoms with van der Waals surface area (Å²) in [6.07, 6.45) is -5.83. The van der Waals surface area contributed by atoms with Gasteiger partial charge < -0.3 is 14.2 Å². The highest BCUT2D eigenvalue weighted by Crippen LogP contribution is 2.61. The van der Waals surface area contributed by atoms with Gasteiger partial charge in [0.25, 0.3) is 5.97 Å². The minimum absolute atomic E-state index is 0.0796. The zero-order valence-electron chi connectivity index (χ0n) is 24.8. The summed E-state index contributed by atoms with van der Waals surface area (Å²) in [6, 6.07) is 0. The highest BCUT2D eigenvalue weighted by atomic mass is 19.4. The second kappa shape index (κ2) is 17.0. The van der Waals surface area contributed by atoms with E-state index in [1.807, 2.05) is 6.92 Å². The fraction of sp³-hybridized carbons (Fsp3) is 1.00. The van der Waals surface area contributed by atoms with Gasteiger partial charge in [-0.25, -0.2) is 0 Å². The van der Waals surface area contributed by atoms with Crippen LogP contribution in [0.5, 0.6) is 0 Å². The molecule has 1 unspecified atom stereocenters. The molecule has 0 N–H and O–H groups in total. The Hall–Kier alpha value is -1.03. The molecule has 16 heteroatoms. The summed E-state index contributed by atoms with van der Waals surface area (Å²) in [5.74, 6) is -40.5. The fourth-order valence-electron chi connectivity index (χ4n) is 4.20. The Balaban J connectivity index is 6.47. The van der Waals surface area contributed by atoms with Crippen LogP contribution in [-0.2, 0) is 14.2 Å². The van der Waals surface area contributed by atoms with Gasteiger partial charge in [-0.3, -0.25) is 0 Å². The molecule has 0 aromatic rings. The normalized spacial score (nSPS) is 15.3. The maximum absolute atomic E-state index is 14.7. The highest BCUT2D eigenvalue weighted by Gasteiger charge is 2.90. The molecule has 260 valence electrons. The first kappa shape index (κ1) is 42.0. The van der Waals surface area contributed by atoms with Gasteiger partial charge in [-0.1, -0.05) is 66.2 Å². The van der Waals surface area contributed by atoms with Crippen molar-refractivity contribution in [3.05, 3.63) is 0 Å². The lowest BCUT2D eigenvalue weighted by Gasteiger charge is -2.42. The number of ether oxygens (including phenoxy) is 3. The summed E-state index contributed by atoms with van der Waals surface area (Å²) >= 11 is 0. The Labute approximate surface area is 244 Å². The first-order chi connectivity index (χ1) is 19.6. The molecule has 0 aromatic carbocycles. The van der Waals surface area contributed by atoms with Gasteiger partial charge in [0.05, 0.1) is 19.8 Å². The van der Waals surface area contributed by atoms with Crippen LogP contribution < -0.4 is 0 Å². The van der Waals surface area contributed by atoms with Gasteiger partial charge in [0, 0.05) is 12.3 Å². The third kappa shape index (κ3) is 9.98. The van der Waals surface area contributed by atoms with Crippen LogP contribution in [0.1, 0.15) is 105 Å². The summed E-state index contributed by atoms with van der Waals surface area (Å²) in [5, 5.41) is 0. The van der Waals surface area contributed by atoms with E-state index >= 15 is 0 Å². The van der Waals surface area contributed by atoms with Gasteiger partial charge >= 0.3 is 35.8 Å². The second-order valence-corrected chi connectivity index (χ2v) is 10.4. The molecule has 0 rings (SSSR count). The zero-order valence-corrected chi connectivity index (χ0v) is 24.8. The van der Waals surface area contributed by atoms with Crippen LogP contribution in [0.3, 0.4) is 0 Å². The molecule has 0 heterocycles. The van der Waals surface area contributed by atoms with Crippen LogP contribution in [-0.4, -0.2) is 61.6 Å². The molecule has 0 spiro atoms. The second-order valence-electron chi connectivity index (χ2n) is 10.4. The topological polar surface area (TPSA) is 27.7 Å². The third-order valence-electron chi connectivity index (χ3n) is 6.73. The van der Waals surface area contributed by atoms with Crippen LogP contribution in [0.25, 0.3) is 0 Å². The number of rotatable bonds is 24. The van der Waals surface area contributed by atoms with Crippen LogP contribution in [0, 0.1) is 5.92 Å². The maximum atomic E-state index is 14.7. The Bertz CT molecular complexity index is 752. The van der Waals surface area contributed by atoms with E-state index in [2.05, 4.69) is 0 Å². The fourth-order valence-corrected chi connectivity index (χ4v) is 4.20. The molecule has 1 atom stereocenters. The average Bonchev–Trinajstić information content (AvgIpc) is 2.91. The summed E-state index contributed by atoms with van der Waals surface area (Å²) in [4.78, 5) is 0. The molecule has 0 aliphatic heterocycles. The molecule has 0 aliphatic rings. The SMILES string of the molecule is CCCCCCCCC(CCC(F)(F)C(F)(F)C(F)(F)C(F)(F)C(F)(F)C(F)(F)F)C(OCCC)(OCCC)OCCC. The summed E-state index contributed by atoms with van der Waals surface area (Å²) in [7, 11) is 0. The van der Waals surface area contributed by atoms with Crippen molar-refractivity contribution < 1.29 is 71.3 Å². The van der Waals surface area contributed by atoms with Gasteiger partial charge in [-0.2, -0.15) is 57.1 Å². The molecule has 0 aliphatic carbocycles. The third-order valence-corrected chi connectivity index (χ3v) is 6.73. The lowest BCUT2D eigenvalue weighted by Crippen LogP contribution is -2.70. The molecule has 0 radical (unpaired) electrons. The molecule has 0 fully saturated rings. The van der Waals surface area contributed by atoms with Crippen molar-refractivity contribution in [2.75, 3.05) is 19.8 Å². The summed E-state index contributed by atoms with van der Waals surface area (Å²) in [5.41, 5.74) is 0. The molecule has 0 saturated carbocycles. The Kier molecular flexibility index (Phi) is 16.6. The van der Waals surface area contributed by atoms with Crippen molar-refractivity contribution in [2.45, 2.75) is 147 Å². The summed E-state index contributed by atoms with van der Waals surface area (Å²) < 4.78 is 195. The number of hydrogen-bond acceptors (Lipinski definition) is 3. The lowest BCUT2D eigenvalue weighted by atomic mass is 9.87. The van der Waals surface area contributed by atoms with Crippen molar-refractivity contribution in [3.63, 3.8) is 0 Å². The molecule has 3 nitrogen and oxygen atoms in total. The van der Waals surface area contributed by atoms with E-state index in [0.29, 0.717) is 32.1 Å². The summed E-state index contributed by atoms with van der Waals surface area (Å²) in [6.45, 7) is 6.73. The Morgan fingerprint density at radius 1 is 0.442 bits per heavy atom. The van der Waals surface area contributed by atoms with E-state index in [-0.39, 0.29) is 32.7 Å². The minimum atomic E-state index is -7.93. The number of halogens is 13. The van der Waals surface area contributed by atoms with Crippen molar-refractivity contribution >= 4 is 0 Å². The van der Waals surface area contributed by atoms with E-state index in [1.165, 1.54) is 0 Å². The predicted molar refractivity (Wildman–Crippen MR) is 133 cm³/mol. The standard InChI is InChI=1S/C27H43F13O3/c1-5-9-10-11-12-13-14-20(22(41-17-6-2,42-18-7-3)43-19-8-4)15-16-21(28,29)23(30,31)24(32,33)25(34,35)26(36,37)27(38,39)40/h20H,5-19H2,1-4H3. The lowest BCUT2D eigenvalue weighted by molar-refractivity contribution is -0.441. The van der Waals surface area contributed by atoms with Crippen LogP contribution in [0.4, 0.5) is 57.1 Å². The predicted octanol–water partition coefficient (Wildman–Crippen LogP) is 10.8. The van der Waals surface area contributed by atoms with Crippen molar-refractivity contribution in [1.82, 2.24) is 0 Å². The quantitative estimate of drug-likeness (QED) is 0.0585. The van der Waals surface area contributed by atoms with E-state index < -0.39 is 60.5 Å². The van der Waals surface area contributed by atoms with E-state index in [0.717, 1.165) is 19.3 Å². The maximum Gasteiger partial charge on any atom is 0.460 e. The van der Waals surface area contributed by atoms with Gasteiger partial charge in [-0.05, 0) is 32.1 Å². The van der Waals surface area contributed by atoms with Crippen molar-refractivity contribution in [2.24, 2.45) is 5.92 Å². The van der Waals surface area contributed by atoms with Gasteiger partial charge in [0.2, 0.25) is 0 Å². The molecule has 0 amide bonds. The smallest absolute Gasteiger partial charge is 0.327 e. The van der Waals surface area contributed by atoms with Crippen LogP contribution in [0.2, 0.25) is 0 Å². The average molecular weight is 663 g/mol. The zero-order chi connectivity index (χ0) is 33.8. The highest BCUT2D eigenvalue weighted by molar-refractivity contribution is 5.10. The Morgan fingerprint density at radius 2 is 0.837 bits per heavy atom. The largest absolute Gasteiger partial charge is 0.460 e. The van der Waals surface area contributed by atoms with Crippen molar-refractivity contribution in [3.8, 4) is 0 Å². The van der Waals surface area contributed by atoms with E-state index in [9.17, 15) is 57.1 Å². The van der Waals surface area contributed by atoms with Gasteiger partial charge in [-0.15, -0.1) is 0 Å². The molecular formula is C27H43F13O3. The van der Waals surface area contributed by atoms with E-state index in [1.54, 1.807) is 20.8 Å². The number of alkyl halides is 13. The van der Waals surface area contributed by atoms with Crippen LogP contribution in [0.15, 0.2) is 0 Å².